The van der Waals surface area contributed by atoms with E-state index in [1.807, 2.05) is 48.5 Å². The highest BCUT2D eigenvalue weighted by Crippen LogP contribution is 2.19. The molecule has 0 aliphatic heterocycles. The lowest BCUT2D eigenvalue weighted by Crippen LogP contribution is -2.28. The second-order valence-electron chi connectivity index (χ2n) is 4.94. The first kappa shape index (κ1) is 15.5. The lowest BCUT2D eigenvalue weighted by molar-refractivity contribution is 0.0946. The molecule has 23 heavy (non-hydrogen) atoms. The van der Waals surface area contributed by atoms with E-state index in [9.17, 15) is 4.79 Å². The molecule has 0 radical (unpaired) electrons. The Kier molecular flexibility index (Phi) is 4.88. The topological polar surface area (TPSA) is 51.2 Å². The normalized spacial score (nSPS) is 10.5. The minimum Gasteiger partial charge on any atom is -0.492 e. The molecule has 5 heteroatoms. The van der Waals surface area contributed by atoms with E-state index in [-0.39, 0.29) is 5.91 Å². The predicted molar refractivity (Wildman–Crippen MR) is 93.7 cm³/mol. The summed E-state index contributed by atoms with van der Waals surface area (Å²) in [4.78, 5) is 16.3. The van der Waals surface area contributed by atoms with Crippen LogP contribution in [0.15, 0.2) is 65.3 Å². The number of amides is 1. The van der Waals surface area contributed by atoms with Gasteiger partial charge >= 0.3 is 0 Å². The highest BCUT2D eigenvalue weighted by molar-refractivity contribution is 9.10. The van der Waals surface area contributed by atoms with Crippen molar-refractivity contribution in [1.82, 2.24) is 10.3 Å². The van der Waals surface area contributed by atoms with Crippen LogP contribution in [-0.4, -0.2) is 24.0 Å². The van der Waals surface area contributed by atoms with E-state index in [2.05, 4.69) is 26.2 Å². The zero-order chi connectivity index (χ0) is 16.1. The molecule has 0 aliphatic rings. The number of rotatable bonds is 5. The molecule has 0 atom stereocenters. The minimum absolute atomic E-state index is 0.121. The highest BCUT2D eigenvalue weighted by atomic mass is 79.9. The minimum atomic E-state index is -0.121. The van der Waals surface area contributed by atoms with Gasteiger partial charge in [-0.3, -0.25) is 9.78 Å². The average Bonchev–Trinajstić information content (AvgIpc) is 2.59. The number of nitrogens with zero attached hydrogens (tertiary/aromatic N) is 1. The Balaban J connectivity index is 1.53. The molecule has 0 bridgehead atoms. The fourth-order valence-electron chi connectivity index (χ4n) is 2.22. The van der Waals surface area contributed by atoms with E-state index < -0.39 is 0 Å². The quantitative estimate of drug-likeness (QED) is 0.694. The van der Waals surface area contributed by atoms with Gasteiger partial charge in [-0.25, -0.2) is 0 Å². The van der Waals surface area contributed by atoms with E-state index in [0.717, 1.165) is 21.1 Å². The summed E-state index contributed by atoms with van der Waals surface area (Å²) in [7, 11) is 0. The van der Waals surface area contributed by atoms with Crippen molar-refractivity contribution in [2.24, 2.45) is 0 Å². The van der Waals surface area contributed by atoms with Gasteiger partial charge in [0.15, 0.2) is 0 Å². The number of carbonyl (C=O) groups excluding carboxylic acids is 1. The molecule has 0 fully saturated rings. The third kappa shape index (κ3) is 3.87. The molecular formula is C18H15BrN2O2. The molecule has 3 rings (SSSR count). The molecular weight excluding hydrogens is 356 g/mol. The first-order valence-electron chi connectivity index (χ1n) is 7.24. The van der Waals surface area contributed by atoms with Crippen molar-refractivity contribution in [3.05, 3.63) is 70.8 Å². The molecule has 116 valence electrons. The Bertz CT molecular complexity index is 836. The lowest BCUT2D eigenvalue weighted by Gasteiger charge is -2.09. The average molecular weight is 371 g/mol. The van der Waals surface area contributed by atoms with Crippen LogP contribution in [0.5, 0.6) is 5.75 Å². The number of hydrogen-bond acceptors (Lipinski definition) is 3. The maximum absolute atomic E-state index is 12.0. The molecule has 1 N–H and O–H groups in total. The Hall–Kier alpha value is -2.40. The van der Waals surface area contributed by atoms with Crippen LogP contribution in [0.3, 0.4) is 0 Å². The summed E-state index contributed by atoms with van der Waals surface area (Å²) in [5.74, 6) is 0.643. The number of halogens is 1. The molecule has 2 aromatic carbocycles. The predicted octanol–water partition coefficient (Wildman–Crippen LogP) is 3.81. The third-order valence-electron chi connectivity index (χ3n) is 3.35. The molecule has 0 spiro atoms. The Morgan fingerprint density at radius 2 is 2.00 bits per heavy atom. The van der Waals surface area contributed by atoms with E-state index >= 15 is 0 Å². The number of aromatic nitrogens is 1. The van der Waals surface area contributed by atoms with Gasteiger partial charge in [-0.1, -0.05) is 18.2 Å². The zero-order valence-corrected chi connectivity index (χ0v) is 13.9. The van der Waals surface area contributed by atoms with Crippen molar-refractivity contribution in [2.45, 2.75) is 0 Å². The van der Waals surface area contributed by atoms with Crippen LogP contribution < -0.4 is 10.1 Å². The van der Waals surface area contributed by atoms with Crippen LogP contribution in [0.2, 0.25) is 0 Å². The first-order valence-corrected chi connectivity index (χ1v) is 8.03. The molecule has 0 saturated carbocycles. The monoisotopic (exact) mass is 370 g/mol. The van der Waals surface area contributed by atoms with Crippen LogP contribution in [0.25, 0.3) is 10.9 Å². The molecule has 1 aromatic heterocycles. The molecule has 0 aliphatic carbocycles. The number of benzene rings is 2. The zero-order valence-electron chi connectivity index (χ0n) is 12.3. The van der Waals surface area contributed by atoms with E-state index in [4.69, 9.17) is 4.74 Å². The van der Waals surface area contributed by atoms with E-state index in [1.165, 1.54) is 0 Å². The summed E-state index contributed by atoms with van der Waals surface area (Å²) in [6, 6.07) is 16.9. The lowest BCUT2D eigenvalue weighted by atomic mass is 10.2. The van der Waals surface area contributed by atoms with Gasteiger partial charge in [0.2, 0.25) is 0 Å². The highest BCUT2D eigenvalue weighted by Gasteiger charge is 2.08. The molecule has 4 nitrogen and oxygen atoms in total. The van der Waals surface area contributed by atoms with Crippen molar-refractivity contribution in [2.75, 3.05) is 13.2 Å². The summed E-state index contributed by atoms with van der Waals surface area (Å²) >= 11 is 3.37. The summed E-state index contributed by atoms with van der Waals surface area (Å²) in [6.45, 7) is 0.840. The van der Waals surface area contributed by atoms with Crippen molar-refractivity contribution in [1.29, 1.82) is 0 Å². The Morgan fingerprint density at radius 3 is 2.87 bits per heavy atom. The second kappa shape index (κ2) is 7.24. The summed E-state index contributed by atoms with van der Waals surface area (Å²) < 4.78 is 6.45. The van der Waals surface area contributed by atoms with Crippen LogP contribution in [0, 0.1) is 0 Å². The summed E-state index contributed by atoms with van der Waals surface area (Å²) in [5.41, 5.74) is 1.55. The number of fused-ring (bicyclic) bond motifs is 1. The molecule has 0 unspecified atom stereocenters. The number of hydrogen-bond donors (Lipinski definition) is 1. The fraction of sp³-hybridized carbons (Fsp3) is 0.111. The van der Waals surface area contributed by atoms with Crippen LogP contribution >= 0.6 is 15.9 Å². The molecule has 0 saturated heterocycles. The number of carbonyl (C=O) groups is 1. The van der Waals surface area contributed by atoms with Gasteiger partial charge in [0, 0.05) is 16.1 Å². The van der Waals surface area contributed by atoms with Crippen LogP contribution in [-0.2, 0) is 0 Å². The van der Waals surface area contributed by atoms with Crippen LogP contribution in [0.1, 0.15) is 10.4 Å². The second-order valence-corrected chi connectivity index (χ2v) is 5.80. The summed E-state index contributed by atoms with van der Waals surface area (Å²) in [5, 5.41) is 3.87. The molecule has 3 aromatic rings. The first-order chi connectivity index (χ1) is 11.2. The summed E-state index contributed by atoms with van der Waals surface area (Å²) in [6.07, 6.45) is 1.76. The van der Waals surface area contributed by atoms with Gasteiger partial charge in [-0.2, -0.15) is 0 Å². The van der Waals surface area contributed by atoms with Gasteiger partial charge in [0.05, 0.1) is 17.6 Å². The Labute approximate surface area is 142 Å². The largest absolute Gasteiger partial charge is 0.492 e. The van der Waals surface area contributed by atoms with Gasteiger partial charge in [-0.15, -0.1) is 0 Å². The van der Waals surface area contributed by atoms with Gasteiger partial charge in [-0.05, 0) is 52.3 Å². The van der Waals surface area contributed by atoms with Crippen LogP contribution in [0.4, 0.5) is 0 Å². The smallest absolute Gasteiger partial charge is 0.252 e. The Morgan fingerprint density at radius 1 is 1.13 bits per heavy atom. The maximum atomic E-state index is 12.0. The van der Waals surface area contributed by atoms with Crippen molar-refractivity contribution in [3.63, 3.8) is 0 Å². The number of ether oxygens (including phenoxy) is 1. The van der Waals surface area contributed by atoms with Crippen molar-refractivity contribution in [3.8, 4) is 5.75 Å². The van der Waals surface area contributed by atoms with Gasteiger partial charge in [0.1, 0.15) is 12.4 Å². The van der Waals surface area contributed by atoms with E-state index in [0.29, 0.717) is 18.7 Å². The number of nitrogens with one attached hydrogen (secondary N) is 1. The van der Waals surface area contributed by atoms with Gasteiger partial charge in [0.25, 0.3) is 5.91 Å². The van der Waals surface area contributed by atoms with E-state index in [1.54, 1.807) is 12.3 Å². The SMILES string of the molecule is O=C(NCCOc1ccc2ncccc2c1)c1ccccc1Br. The molecule has 1 amide bonds. The fourth-order valence-corrected chi connectivity index (χ4v) is 2.68. The maximum Gasteiger partial charge on any atom is 0.252 e. The number of pyridine rings is 1. The van der Waals surface area contributed by atoms with Crippen molar-refractivity contribution >= 4 is 32.7 Å². The molecule has 1 heterocycles. The third-order valence-corrected chi connectivity index (χ3v) is 4.04. The standard InChI is InChI=1S/C18H15BrN2O2/c19-16-6-2-1-5-15(16)18(22)21-10-11-23-14-7-8-17-13(12-14)4-3-9-20-17/h1-9,12H,10-11H2,(H,21,22). The van der Waals surface area contributed by atoms with Crippen molar-refractivity contribution < 1.29 is 9.53 Å². The van der Waals surface area contributed by atoms with Gasteiger partial charge < -0.3 is 10.1 Å².